The smallest absolute Gasteiger partial charge is 0.145 e. The van der Waals surface area contributed by atoms with E-state index in [-0.39, 0.29) is 0 Å². The Morgan fingerprint density at radius 1 is 0.375 bits per heavy atom. The molecule has 0 radical (unpaired) electrons. The van der Waals surface area contributed by atoms with Crippen molar-refractivity contribution in [3.05, 3.63) is 231 Å². The first kappa shape index (κ1) is 36.5. The molecule has 0 bridgehead atoms. The molecule has 0 aliphatic carbocycles. The number of nitrogens with zero attached hydrogens (tertiary/aromatic N) is 2. The van der Waals surface area contributed by atoms with Gasteiger partial charge in [-0.3, -0.25) is 0 Å². The largest absolute Gasteiger partial charge is 0.455 e. The Morgan fingerprint density at radius 2 is 0.906 bits per heavy atom. The van der Waals surface area contributed by atoms with Crippen LogP contribution in [-0.4, -0.2) is 4.57 Å². The number of aromatic nitrogens is 1. The number of para-hydroxylation sites is 2. The number of anilines is 3. The number of benzene rings is 10. The van der Waals surface area contributed by atoms with Crippen molar-refractivity contribution in [3.8, 4) is 39.1 Å². The molecule has 3 aromatic heterocycles. The molecule has 3 nitrogen and oxygen atoms in total. The number of thiophene rings is 1. The van der Waals surface area contributed by atoms with Gasteiger partial charge in [0.05, 0.1) is 22.1 Å². The summed E-state index contributed by atoms with van der Waals surface area (Å²) in [6.45, 7) is 0. The van der Waals surface area contributed by atoms with Crippen molar-refractivity contribution >= 4 is 92.3 Å². The summed E-state index contributed by atoms with van der Waals surface area (Å²) in [4.78, 5) is 2.42. The molecule has 3 heterocycles. The Balaban J connectivity index is 1.04. The first-order valence-corrected chi connectivity index (χ1v) is 22.6. The molecule has 0 saturated carbocycles. The maximum atomic E-state index is 7.04. The van der Waals surface area contributed by atoms with E-state index in [1.54, 1.807) is 0 Å². The van der Waals surface area contributed by atoms with Gasteiger partial charge in [0.15, 0.2) is 0 Å². The van der Waals surface area contributed by atoms with Gasteiger partial charge in [-0.15, -0.1) is 11.3 Å². The van der Waals surface area contributed by atoms with Crippen LogP contribution in [0.25, 0.3) is 103 Å². The summed E-state index contributed by atoms with van der Waals surface area (Å²) in [5.74, 6) is 0. The van der Waals surface area contributed by atoms with Crippen molar-refractivity contribution in [2.24, 2.45) is 0 Å². The lowest BCUT2D eigenvalue weighted by molar-refractivity contribution is 0.670. The van der Waals surface area contributed by atoms with Crippen LogP contribution in [0.5, 0.6) is 0 Å². The quantitative estimate of drug-likeness (QED) is 0.159. The van der Waals surface area contributed by atoms with Crippen LogP contribution in [0.2, 0.25) is 0 Å². The molecule has 0 N–H and O–H groups in total. The number of rotatable bonds is 7. The summed E-state index contributed by atoms with van der Waals surface area (Å²) in [5, 5.41) is 7.19. The molecule has 0 fully saturated rings. The third-order valence-corrected chi connectivity index (χ3v) is 13.9. The van der Waals surface area contributed by atoms with E-state index < -0.39 is 0 Å². The summed E-state index contributed by atoms with van der Waals surface area (Å²) in [7, 11) is 0. The molecule has 0 atom stereocenters. The average molecular weight is 835 g/mol. The van der Waals surface area contributed by atoms with Crippen LogP contribution in [0, 0.1) is 0 Å². The van der Waals surface area contributed by atoms with Crippen molar-refractivity contribution in [1.29, 1.82) is 0 Å². The second kappa shape index (κ2) is 14.7. The van der Waals surface area contributed by atoms with Crippen LogP contribution in [0.4, 0.5) is 17.1 Å². The van der Waals surface area contributed by atoms with Crippen LogP contribution >= 0.6 is 11.3 Å². The van der Waals surface area contributed by atoms with E-state index in [9.17, 15) is 0 Å². The van der Waals surface area contributed by atoms with E-state index in [4.69, 9.17) is 4.42 Å². The van der Waals surface area contributed by atoms with Gasteiger partial charge in [0.25, 0.3) is 0 Å². The van der Waals surface area contributed by atoms with E-state index in [2.05, 4.69) is 240 Å². The van der Waals surface area contributed by atoms with Gasteiger partial charge in [-0.1, -0.05) is 152 Å². The van der Waals surface area contributed by atoms with Gasteiger partial charge in [-0.25, -0.2) is 0 Å². The van der Waals surface area contributed by atoms with Gasteiger partial charge in [-0.05, 0) is 107 Å². The van der Waals surface area contributed by atoms with Crippen molar-refractivity contribution in [1.82, 2.24) is 4.57 Å². The molecule has 4 heteroatoms. The molecule has 64 heavy (non-hydrogen) atoms. The van der Waals surface area contributed by atoms with Gasteiger partial charge in [0, 0.05) is 59.0 Å². The zero-order chi connectivity index (χ0) is 42.1. The van der Waals surface area contributed by atoms with Gasteiger partial charge in [0.1, 0.15) is 11.2 Å². The molecule has 0 spiro atoms. The monoisotopic (exact) mass is 834 g/mol. The molecular formula is C60H38N2OS. The lowest BCUT2D eigenvalue weighted by atomic mass is 9.98. The van der Waals surface area contributed by atoms with Crippen molar-refractivity contribution in [3.63, 3.8) is 0 Å². The van der Waals surface area contributed by atoms with Crippen LogP contribution in [0.15, 0.2) is 235 Å². The molecule has 0 saturated heterocycles. The fourth-order valence-corrected chi connectivity index (χ4v) is 11.0. The second-order valence-electron chi connectivity index (χ2n) is 16.5. The highest BCUT2D eigenvalue weighted by molar-refractivity contribution is 7.25. The Kier molecular flexibility index (Phi) is 8.40. The summed E-state index contributed by atoms with van der Waals surface area (Å²) >= 11 is 1.85. The lowest BCUT2D eigenvalue weighted by Gasteiger charge is -2.27. The van der Waals surface area contributed by atoms with E-state index in [0.717, 1.165) is 66.9 Å². The fraction of sp³-hybridized carbons (Fsp3) is 0. The van der Waals surface area contributed by atoms with Gasteiger partial charge < -0.3 is 13.9 Å². The molecule has 300 valence electrons. The predicted octanol–water partition coefficient (Wildman–Crippen LogP) is 17.5. The highest BCUT2D eigenvalue weighted by Crippen LogP contribution is 2.48. The predicted molar refractivity (Wildman–Crippen MR) is 272 cm³/mol. The molecular weight excluding hydrogens is 797 g/mol. The van der Waals surface area contributed by atoms with Crippen molar-refractivity contribution in [2.45, 2.75) is 0 Å². The Labute approximate surface area is 373 Å². The summed E-state index contributed by atoms with van der Waals surface area (Å²) in [6.07, 6.45) is 0. The molecule has 13 aromatic rings. The fourth-order valence-electron chi connectivity index (χ4n) is 9.80. The number of fused-ring (bicyclic) bond motifs is 9. The highest BCUT2D eigenvalue weighted by Gasteiger charge is 2.24. The first-order valence-electron chi connectivity index (χ1n) is 21.7. The number of hydrogen-bond donors (Lipinski definition) is 0. The molecule has 10 aromatic carbocycles. The van der Waals surface area contributed by atoms with E-state index in [1.807, 2.05) is 11.3 Å². The third-order valence-electron chi connectivity index (χ3n) is 12.8. The zero-order valence-corrected chi connectivity index (χ0v) is 35.5. The maximum Gasteiger partial charge on any atom is 0.145 e. The van der Waals surface area contributed by atoms with Crippen LogP contribution in [0.3, 0.4) is 0 Å². The molecule has 0 amide bonds. The summed E-state index contributed by atoms with van der Waals surface area (Å²) in [6, 6.07) is 83.3. The Hall–Kier alpha value is -8.18. The van der Waals surface area contributed by atoms with Crippen LogP contribution in [0.1, 0.15) is 0 Å². The lowest BCUT2D eigenvalue weighted by Crippen LogP contribution is -2.10. The minimum absolute atomic E-state index is 0.858. The normalized spacial score (nSPS) is 11.8. The second-order valence-corrected chi connectivity index (χ2v) is 17.5. The maximum absolute atomic E-state index is 7.04. The van der Waals surface area contributed by atoms with Crippen molar-refractivity contribution in [2.75, 3.05) is 4.90 Å². The van der Waals surface area contributed by atoms with E-state index >= 15 is 0 Å². The summed E-state index contributed by atoms with van der Waals surface area (Å²) < 4.78 is 11.9. The van der Waals surface area contributed by atoms with E-state index in [1.165, 1.54) is 53.1 Å². The van der Waals surface area contributed by atoms with E-state index in [0.29, 0.717) is 0 Å². The zero-order valence-electron chi connectivity index (χ0n) is 34.7. The van der Waals surface area contributed by atoms with Crippen LogP contribution < -0.4 is 4.90 Å². The topological polar surface area (TPSA) is 21.3 Å². The van der Waals surface area contributed by atoms with Crippen LogP contribution in [-0.2, 0) is 0 Å². The molecule has 0 unspecified atom stereocenters. The van der Waals surface area contributed by atoms with Crippen molar-refractivity contribution < 1.29 is 4.42 Å². The Bertz CT molecular complexity index is 3830. The average Bonchev–Trinajstić information content (AvgIpc) is 4.04. The van der Waals surface area contributed by atoms with Gasteiger partial charge in [0.2, 0.25) is 0 Å². The minimum atomic E-state index is 0.858. The SMILES string of the molecule is c1ccc(-c2ccc3c(c2)oc2c(-c4ccccc4)ccc(N(c4ccc(-n5c6ccccc6c6ccccc65)cc4)c4ccc5c(c4)sc4cc(-c6ccccc6)ccc45)c23)cc1. The third kappa shape index (κ3) is 5.88. The summed E-state index contributed by atoms with van der Waals surface area (Å²) in [5.41, 5.74) is 15.3. The Morgan fingerprint density at radius 3 is 1.56 bits per heavy atom. The standard InChI is InChI=1S/C60H38N2OS/c1-4-14-39(15-5-1)42-25-32-52-56(36-42)63-60-47(41-18-8-3-9-19-41)34-35-55(59(52)60)61(44-26-28-45(29-27-44)62-53-22-12-10-20-48(53)49-21-11-13-23-54(49)62)46-30-33-51-50-31-24-43(40-16-6-2-7-17-40)37-57(50)64-58(51)38-46/h1-38H. The molecule has 13 rings (SSSR count). The number of furan rings is 1. The minimum Gasteiger partial charge on any atom is -0.455 e. The van der Waals surface area contributed by atoms with Gasteiger partial charge in [-0.2, -0.15) is 0 Å². The first-order chi connectivity index (χ1) is 31.7. The highest BCUT2D eigenvalue weighted by atomic mass is 32.1. The number of hydrogen-bond acceptors (Lipinski definition) is 3. The van der Waals surface area contributed by atoms with Gasteiger partial charge >= 0.3 is 0 Å². The molecule has 0 aliphatic heterocycles. The molecule has 0 aliphatic rings.